The lowest BCUT2D eigenvalue weighted by molar-refractivity contribution is -0.274. The molecule has 0 saturated heterocycles. The fourth-order valence-electron chi connectivity index (χ4n) is 2.03. The van der Waals surface area contributed by atoms with Crippen LogP contribution in [0.2, 0.25) is 0 Å². The molecule has 0 bridgehead atoms. The minimum atomic E-state index is -4.78. The van der Waals surface area contributed by atoms with Gasteiger partial charge in [-0.05, 0) is 43.2 Å². The third kappa shape index (κ3) is 4.61. The van der Waals surface area contributed by atoms with Gasteiger partial charge in [0.25, 0.3) is 11.5 Å². The Labute approximate surface area is 135 Å². The number of rotatable bonds is 4. The Hall–Kier alpha value is -2.77. The Morgan fingerprint density at radius 3 is 2.62 bits per heavy atom. The van der Waals surface area contributed by atoms with E-state index in [0.29, 0.717) is 11.3 Å². The zero-order valence-electron chi connectivity index (χ0n) is 13.0. The number of nitrogens with one attached hydrogen (secondary N) is 2. The number of carbonyl (C=O) groups is 1. The van der Waals surface area contributed by atoms with Crippen molar-refractivity contribution in [1.82, 2.24) is 10.3 Å². The molecule has 0 fully saturated rings. The van der Waals surface area contributed by atoms with Crippen LogP contribution >= 0.6 is 0 Å². The van der Waals surface area contributed by atoms with E-state index in [1.165, 1.54) is 24.3 Å². The Bertz CT molecular complexity index is 813. The van der Waals surface area contributed by atoms with Gasteiger partial charge in [-0.2, -0.15) is 0 Å². The molecular weight excluding hydrogens is 325 g/mol. The Balaban J connectivity index is 2.08. The van der Waals surface area contributed by atoms with Gasteiger partial charge in [-0.3, -0.25) is 9.59 Å². The molecule has 1 aromatic carbocycles. The summed E-state index contributed by atoms with van der Waals surface area (Å²) in [5, 5.41) is 2.50. The van der Waals surface area contributed by atoms with Crippen molar-refractivity contribution in [2.24, 2.45) is 0 Å². The van der Waals surface area contributed by atoms with Crippen molar-refractivity contribution in [3.05, 3.63) is 63.1 Å². The summed E-state index contributed by atoms with van der Waals surface area (Å²) in [6.45, 7) is 3.42. The minimum Gasteiger partial charge on any atom is -0.406 e. The van der Waals surface area contributed by atoms with E-state index < -0.39 is 17.8 Å². The molecule has 0 atom stereocenters. The van der Waals surface area contributed by atoms with Crippen LogP contribution in [0, 0.1) is 13.8 Å². The lowest BCUT2D eigenvalue weighted by atomic mass is 10.1. The Kier molecular flexibility index (Phi) is 4.96. The first-order valence-electron chi connectivity index (χ1n) is 6.99. The highest BCUT2D eigenvalue weighted by Gasteiger charge is 2.31. The summed E-state index contributed by atoms with van der Waals surface area (Å²) in [5.41, 5.74) is 1.24. The normalized spacial score (nSPS) is 11.2. The standard InChI is InChI=1S/C16H15F3N2O3/c1-9-6-13(15(23)21-10(9)2)14(22)20-8-11-4-3-5-12(7-11)24-16(17,18)19/h3-7H,8H2,1-2H3,(H,20,22)(H,21,23). The number of alkyl halides is 3. The van der Waals surface area contributed by atoms with Gasteiger partial charge in [0.15, 0.2) is 0 Å². The van der Waals surface area contributed by atoms with E-state index in [2.05, 4.69) is 15.0 Å². The van der Waals surface area contributed by atoms with E-state index in [1.54, 1.807) is 13.8 Å². The topological polar surface area (TPSA) is 71.2 Å². The lowest BCUT2D eigenvalue weighted by Crippen LogP contribution is -2.29. The van der Waals surface area contributed by atoms with Gasteiger partial charge in [0.05, 0.1) is 0 Å². The highest BCUT2D eigenvalue weighted by Crippen LogP contribution is 2.23. The van der Waals surface area contributed by atoms with Gasteiger partial charge < -0.3 is 15.0 Å². The number of ether oxygens (including phenoxy) is 1. The predicted octanol–water partition coefficient (Wildman–Crippen LogP) is 2.82. The predicted molar refractivity (Wildman–Crippen MR) is 80.8 cm³/mol. The van der Waals surface area contributed by atoms with Crippen LogP contribution in [-0.2, 0) is 6.54 Å². The second kappa shape index (κ2) is 6.77. The summed E-state index contributed by atoms with van der Waals surface area (Å²) in [7, 11) is 0. The quantitative estimate of drug-likeness (QED) is 0.899. The molecule has 128 valence electrons. The number of carbonyl (C=O) groups excluding carboxylic acids is 1. The van der Waals surface area contributed by atoms with Crippen molar-refractivity contribution in [1.29, 1.82) is 0 Å². The monoisotopic (exact) mass is 340 g/mol. The van der Waals surface area contributed by atoms with Gasteiger partial charge in [-0.15, -0.1) is 13.2 Å². The van der Waals surface area contributed by atoms with Crippen molar-refractivity contribution < 1.29 is 22.7 Å². The van der Waals surface area contributed by atoms with Gasteiger partial charge in [-0.1, -0.05) is 12.1 Å². The molecule has 2 rings (SSSR count). The highest BCUT2D eigenvalue weighted by molar-refractivity contribution is 5.93. The second-order valence-corrected chi connectivity index (χ2v) is 5.20. The van der Waals surface area contributed by atoms with Crippen molar-refractivity contribution in [2.75, 3.05) is 0 Å². The third-order valence-corrected chi connectivity index (χ3v) is 3.33. The van der Waals surface area contributed by atoms with E-state index in [1.807, 2.05) is 0 Å². The lowest BCUT2D eigenvalue weighted by Gasteiger charge is -2.11. The maximum atomic E-state index is 12.2. The van der Waals surface area contributed by atoms with Crippen LogP contribution in [0.25, 0.3) is 0 Å². The number of aromatic nitrogens is 1. The molecule has 0 radical (unpaired) electrons. The van der Waals surface area contributed by atoms with E-state index in [-0.39, 0.29) is 17.9 Å². The van der Waals surface area contributed by atoms with Crippen LogP contribution in [0.15, 0.2) is 35.1 Å². The van der Waals surface area contributed by atoms with E-state index in [9.17, 15) is 22.8 Å². The second-order valence-electron chi connectivity index (χ2n) is 5.20. The maximum Gasteiger partial charge on any atom is 0.573 e. The van der Waals surface area contributed by atoms with E-state index in [4.69, 9.17) is 0 Å². The SMILES string of the molecule is Cc1cc(C(=O)NCc2cccc(OC(F)(F)F)c2)c(=O)[nH]c1C. The van der Waals surface area contributed by atoms with E-state index in [0.717, 1.165) is 11.6 Å². The molecule has 2 aromatic rings. The molecule has 1 amide bonds. The molecule has 0 unspecified atom stereocenters. The van der Waals surface area contributed by atoms with Gasteiger partial charge in [-0.25, -0.2) is 0 Å². The van der Waals surface area contributed by atoms with Crippen molar-refractivity contribution in [3.63, 3.8) is 0 Å². The van der Waals surface area contributed by atoms with Gasteiger partial charge in [0, 0.05) is 12.2 Å². The first-order valence-corrected chi connectivity index (χ1v) is 6.99. The zero-order valence-corrected chi connectivity index (χ0v) is 13.0. The fraction of sp³-hybridized carbons (Fsp3) is 0.250. The summed E-state index contributed by atoms with van der Waals surface area (Å²) in [5.74, 6) is -0.986. The number of hydrogen-bond acceptors (Lipinski definition) is 3. The van der Waals surface area contributed by atoms with Crippen molar-refractivity contribution in [3.8, 4) is 5.75 Å². The molecule has 0 aliphatic carbocycles. The first kappa shape index (κ1) is 17.6. The molecule has 0 aliphatic rings. The minimum absolute atomic E-state index is 0.0414. The van der Waals surface area contributed by atoms with Crippen LogP contribution in [0.3, 0.4) is 0 Å². The third-order valence-electron chi connectivity index (χ3n) is 3.33. The molecule has 1 heterocycles. The largest absolute Gasteiger partial charge is 0.573 e. The van der Waals surface area contributed by atoms with E-state index >= 15 is 0 Å². The maximum absolute atomic E-state index is 12.2. The molecule has 1 aromatic heterocycles. The van der Waals surface area contributed by atoms with Crippen LogP contribution in [-0.4, -0.2) is 17.3 Å². The van der Waals surface area contributed by atoms with Crippen molar-refractivity contribution >= 4 is 5.91 Å². The van der Waals surface area contributed by atoms with Crippen LogP contribution in [0.1, 0.15) is 27.2 Å². The number of H-pyrrole nitrogens is 1. The summed E-state index contributed by atoms with van der Waals surface area (Å²) < 4.78 is 40.4. The highest BCUT2D eigenvalue weighted by atomic mass is 19.4. The van der Waals surface area contributed by atoms with Gasteiger partial charge in [0.2, 0.25) is 0 Å². The molecule has 24 heavy (non-hydrogen) atoms. The smallest absolute Gasteiger partial charge is 0.406 e. The molecular formula is C16H15F3N2O3. The van der Waals surface area contributed by atoms with Crippen LogP contribution < -0.4 is 15.6 Å². The molecule has 0 spiro atoms. The number of aromatic amines is 1. The zero-order chi connectivity index (χ0) is 17.9. The van der Waals surface area contributed by atoms with Gasteiger partial charge >= 0.3 is 6.36 Å². The number of benzene rings is 1. The summed E-state index contributed by atoms with van der Waals surface area (Å²) >= 11 is 0. The molecule has 0 aliphatic heterocycles. The average Bonchev–Trinajstić information content (AvgIpc) is 2.47. The fourth-order valence-corrected chi connectivity index (χ4v) is 2.03. The Morgan fingerprint density at radius 2 is 1.96 bits per heavy atom. The number of pyridine rings is 1. The Morgan fingerprint density at radius 1 is 1.25 bits per heavy atom. The van der Waals surface area contributed by atoms with Gasteiger partial charge in [0.1, 0.15) is 11.3 Å². The number of halogens is 3. The molecule has 2 N–H and O–H groups in total. The number of amides is 1. The van der Waals surface area contributed by atoms with Crippen LogP contribution in [0.5, 0.6) is 5.75 Å². The summed E-state index contributed by atoms with van der Waals surface area (Å²) in [4.78, 5) is 26.4. The summed E-state index contributed by atoms with van der Waals surface area (Å²) in [6, 6.07) is 6.71. The summed E-state index contributed by atoms with van der Waals surface area (Å²) in [6.07, 6.45) is -4.78. The number of hydrogen-bond donors (Lipinski definition) is 2. The van der Waals surface area contributed by atoms with Crippen LogP contribution in [0.4, 0.5) is 13.2 Å². The first-order chi connectivity index (χ1) is 11.2. The molecule has 0 saturated carbocycles. The molecule has 8 heteroatoms. The number of aryl methyl sites for hydroxylation is 2. The molecule has 5 nitrogen and oxygen atoms in total. The average molecular weight is 340 g/mol. The van der Waals surface area contributed by atoms with Crippen molar-refractivity contribution in [2.45, 2.75) is 26.8 Å².